The molecule has 3 heteroatoms. The fourth-order valence-electron chi connectivity index (χ4n) is 1.81. The van der Waals surface area contributed by atoms with E-state index in [4.69, 9.17) is 0 Å². The van der Waals surface area contributed by atoms with Crippen molar-refractivity contribution in [3.05, 3.63) is 12.2 Å². The van der Waals surface area contributed by atoms with Crippen molar-refractivity contribution in [1.29, 1.82) is 0 Å². The third-order valence-electron chi connectivity index (χ3n) is 3.03. The zero-order valence-corrected chi connectivity index (χ0v) is 12.5. The van der Waals surface area contributed by atoms with Gasteiger partial charge in [-0.15, -0.1) is 0 Å². The fourth-order valence-corrected chi connectivity index (χ4v) is 1.81. The summed E-state index contributed by atoms with van der Waals surface area (Å²) < 4.78 is 4.50. The summed E-state index contributed by atoms with van der Waals surface area (Å²) in [7, 11) is 1.35. The van der Waals surface area contributed by atoms with Crippen LogP contribution in [0.1, 0.15) is 71.1 Å². The number of hydrogen-bond acceptors (Lipinski definition) is 3. The van der Waals surface area contributed by atoms with Crippen molar-refractivity contribution >= 4 is 11.8 Å². The molecule has 0 aromatic heterocycles. The van der Waals surface area contributed by atoms with Crippen LogP contribution in [0.2, 0.25) is 0 Å². The highest BCUT2D eigenvalue weighted by atomic mass is 16.5. The number of ether oxygens (including phenoxy) is 1. The zero-order chi connectivity index (χ0) is 14.3. The number of hydrogen-bond donors (Lipinski definition) is 0. The minimum absolute atomic E-state index is 0.174. The Morgan fingerprint density at radius 1 is 0.895 bits per heavy atom. The number of ketones is 1. The number of unbranched alkanes of at least 4 members (excludes halogenated alkanes) is 5. The van der Waals surface area contributed by atoms with Gasteiger partial charge in [0.05, 0.1) is 13.5 Å². The average molecular weight is 268 g/mol. The van der Waals surface area contributed by atoms with E-state index in [2.05, 4.69) is 23.8 Å². The summed E-state index contributed by atoms with van der Waals surface area (Å²) in [5.41, 5.74) is 0. The second kappa shape index (κ2) is 13.3. The van der Waals surface area contributed by atoms with Crippen molar-refractivity contribution in [2.75, 3.05) is 7.11 Å². The molecule has 0 aliphatic heterocycles. The molecule has 0 bridgehead atoms. The molecule has 0 aromatic carbocycles. The predicted octanol–water partition coefficient (Wildman–Crippen LogP) is 4.21. The van der Waals surface area contributed by atoms with Crippen LogP contribution in [0.25, 0.3) is 0 Å². The molecule has 0 unspecified atom stereocenters. The van der Waals surface area contributed by atoms with Crippen LogP contribution in [0.15, 0.2) is 12.2 Å². The van der Waals surface area contributed by atoms with Crippen LogP contribution >= 0.6 is 0 Å². The van der Waals surface area contributed by atoms with Crippen LogP contribution in [0, 0.1) is 0 Å². The number of rotatable bonds is 12. The molecule has 0 aromatic rings. The van der Waals surface area contributed by atoms with Crippen molar-refractivity contribution in [2.45, 2.75) is 71.1 Å². The lowest BCUT2D eigenvalue weighted by Gasteiger charge is -2.01. The van der Waals surface area contributed by atoms with Gasteiger partial charge in [0.25, 0.3) is 0 Å². The van der Waals surface area contributed by atoms with E-state index in [9.17, 15) is 9.59 Å². The maximum atomic E-state index is 11.5. The zero-order valence-electron chi connectivity index (χ0n) is 12.5. The van der Waals surface area contributed by atoms with Gasteiger partial charge in [0, 0.05) is 12.8 Å². The highest BCUT2D eigenvalue weighted by Gasteiger charge is 2.06. The Balaban J connectivity index is 3.29. The molecule has 0 saturated carbocycles. The number of carbonyl (C=O) groups excluding carboxylic acids is 2. The molecule has 19 heavy (non-hydrogen) atoms. The van der Waals surface area contributed by atoms with E-state index in [1.165, 1.54) is 32.8 Å². The average Bonchev–Trinajstić information content (AvgIpc) is 2.42. The molecule has 0 fully saturated rings. The molecule has 0 aliphatic carbocycles. The van der Waals surface area contributed by atoms with Gasteiger partial charge in [0.15, 0.2) is 0 Å². The van der Waals surface area contributed by atoms with Gasteiger partial charge in [-0.05, 0) is 25.7 Å². The Morgan fingerprint density at radius 3 is 2.26 bits per heavy atom. The minimum Gasteiger partial charge on any atom is -0.469 e. The van der Waals surface area contributed by atoms with Crippen molar-refractivity contribution in [1.82, 2.24) is 0 Å². The maximum absolute atomic E-state index is 11.5. The number of allylic oxidation sites excluding steroid dienone is 2. The van der Waals surface area contributed by atoms with Crippen molar-refractivity contribution < 1.29 is 14.3 Å². The first kappa shape index (κ1) is 17.9. The Hall–Kier alpha value is -1.12. The first-order valence-corrected chi connectivity index (χ1v) is 7.44. The lowest BCUT2D eigenvalue weighted by atomic mass is 10.1. The molecule has 0 saturated heterocycles. The summed E-state index contributed by atoms with van der Waals surface area (Å²) in [5.74, 6) is -0.125. The van der Waals surface area contributed by atoms with E-state index in [1.807, 2.05) is 0 Å². The normalized spacial score (nSPS) is 10.8. The molecule has 110 valence electrons. The molecule has 0 spiro atoms. The SMILES string of the molecule is CCC/C=C\CCCCCCC(=O)CCC(=O)OC. The van der Waals surface area contributed by atoms with Gasteiger partial charge in [-0.1, -0.05) is 38.3 Å². The van der Waals surface area contributed by atoms with Gasteiger partial charge >= 0.3 is 5.97 Å². The summed E-state index contributed by atoms with van der Waals surface area (Å²) in [6.45, 7) is 2.18. The third kappa shape index (κ3) is 13.1. The van der Waals surface area contributed by atoms with Gasteiger partial charge < -0.3 is 4.74 Å². The fraction of sp³-hybridized carbons (Fsp3) is 0.750. The van der Waals surface area contributed by atoms with Gasteiger partial charge in [0.2, 0.25) is 0 Å². The molecule has 0 aliphatic rings. The van der Waals surface area contributed by atoms with Crippen LogP contribution in [0.3, 0.4) is 0 Å². The smallest absolute Gasteiger partial charge is 0.305 e. The number of Topliss-reactive ketones (excluding diaryl/α,β-unsaturated/α-hetero) is 1. The molecular weight excluding hydrogens is 240 g/mol. The van der Waals surface area contributed by atoms with E-state index < -0.39 is 0 Å². The van der Waals surface area contributed by atoms with Crippen LogP contribution in [0.4, 0.5) is 0 Å². The first-order valence-electron chi connectivity index (χ1n) is 7.44. The largest absolute Gasteiger partial charge is 0.469 e. The summed E-state index contributed by atoms with van der Waals surface area (Å²) >= 11 is 0. The molecule has 0 atom stereocenters. The van der Waals surface area contributed by atoms with Crippen LogP contribution in [-0.2, 0) is 14.3 Å². The van der Waals surface area contributed by atoms with Crippen LogP contribution < -0.4 is 0 Å². The molecule has 0 amide bonds. The van der Waals surface area contributed by atoms with Crippen molar-refractivity contribution in [3.8, 4) is 0 Å². The van der Waals surface area contributed by atoms with E-state index in [0.29, 0.717) is 12.8 Å². The van der Waals surface area contributed by atoms with E-state index in [0.717, 1.165) is 19.3 Å². The van der Waals surface area contributed by atoms with Gasteiger partial charge in [-0.25, -0.2) is 0 Å². The molecule has 0 radical (unpaired) electrons. The van der Waals surface area contributed by atoms with Crippen LogP contribution in [-0.4, -0.2) is 18.9 Å². The Bertz CT molecular complexity index is 269. The molecular formula is C16H28O3. The van der Waals surface area contributed by atoms with Gasteiger partial charge in [-0.3, -0.25) is 9.59 Å². The quantitative estimate of drug-likeness (QED) is 0.302. The predicted molar refractivity (Wildman–Crippen MR) is 78.0 cm³/mol. The molecule has 3 nitrogen and oxygen atoms in total. The van der Waals surface area contributed by atoms with Crippen LogP contribution in [0.5, 0.6) is 0 Å². The Kier molecular flexibility index (Phi) is 12.5. The molecule has 0 rings (SSSR count). The van der Waals surface area contributed by atoms with Gasteiger partial charge in [-0.2, -0.15) is 0 Å². The first-order chi connectivity index (χ1) is 9.20. The van der Waals surface area contributed by atoms with Crippen molar-refractivity contribution in [3.63, 3.8) is 0 Å². The highest BCUT2D eigenvalue weighted by molar-refractivity contribution is 5.82. The third-order valence-corrected chi connectivity index (χ3v) is 3.03. The molecule has 0 heterocycles. The maximum Gasteiger partial charge on any atom is 0.305 e. The monoisotopic (exact) mass is 268 g/mol. The topological polar surface area (TPSA) is 43.4 Å². The Morgan fingerprint density at radius 2 is 1.58 bits per heavy atom. The highest BCUT2D eigenvalue weighted by Crippen LogP contribution is 2.08. The van der Waals surface area contributed by atoms with Crippen molar-refractivity contribution in [2.24, 2.45) is 0 Å². The number of carbonyl (C=O) groups is 2. The number of methoxy groups -OCH3 is 1. The lowest BCUT2D eigenvalue weighted by molar-refractivity contribution is -0.141. The molecule has 0 N–H and O–H groups in total. The second-order valence-electron chi connectivity index (χ2n) is 4.83. The summed E-state index contributed by atoms with van der Waals surface area (Å²) in [6, 6.07) is 0. The van der Waals surface area contributed by atoms with Gasteiger partial charge in [0.1, 0.15) is 5.78 Å². The second-order valence-corrected chi connectivity index (χ2v) is 4.83. The summed E-state index contributed by atoms with van der Waals surface area (Å²) in [4.78, 5) is 22.3. The minimum atomic E-state index is -0.299. The van der Waals surface area contributed by atoms with E-state index >= 15 is 0 Å². The Labute approximate surface area is 117 Å². The van der Waals surface area contributed by atoms with E-state index in [1.54, 1.807) is 0 Å². The summed E-state index contributed by atoms with van der Waals surface area (Å²) in [5, 5.41) is 0. The standard InChI is InChI=1S/C16H28O3/c1-3-4-5-6-7-8-9-10-11-12-15(17)13-14-16(18)19-2/h5-6H,3-4,7-14H2,1-2H3/b6-5-. The summed E-state index contributed by atoms with van der Waals surface area (Å²) in [6.07, 6.45) is 13.6. The van der Waals surface area contributed by atoms with E-state index in [-0.39, 0.29) is 18.2 Å². The number of esters is 1. The lowest BCUT2D eigenvalue weighted by Crippen LogP contribution is -2.05.